The van der Waals surface area contributed by atoms with Crippen LogP contribution in [0.25, 0.3) is 0 Å². The van der Waals surface area contributed by atoms with Gasteiger partial charge in [-0.05, 0) is 60.0 Å². The Bertz CT molecular complexity index is 1150. The molecule has 0 aliphatic carbocycles. The summed E-state index contributed by atoms with van der Waals surface area (Å²) in [4.78, 5) is 26.9. The van der Waals surface area contributed by atoms with Crippen LogP contribution in [0.4, 0.5) is 0 Å². The first-order chi connectivity index (χ1) is 16.0. The fourth-order valence-corrected chi connectivity index (χ4v) is 4.76. The largest absolute Gasteiger partial charge is 0.497 e. The Morgan fingerprint density at radius 3 is 2.36 bits per heavy atom. The number of hydrazone groups is 1. The van der Waals surface area contributed by atoms with Gasteiger partial charge in [-0.2, -0.15) is 5.10 Å². The standard InChI is InChI=1S/C26H25N3O3S/c1-18(20-12-14-23(32-2)15-13-20)27-28-25(31)21-8-10-22(11-9-21)26-29(24(30)17-33-26)16-19-6-4-3-5-7-19/h3-15,26H,16-17H2,1-2H3,(H,28,31)/b27-18-/t26-/m0/s1. The lowest BCUT2D eigenvalue weighted by Crippen LogP contribution is -2.27. The van der Waals surface area contributed by atoms with Crippen molar-refractivity contribution in [1.29, 1.82) is 0 Å². The molecule has 0 spiro atoms. The Morgan fingerprint density at radius 2 is 1.70 bits per heavy atom. The van der Waals surface area contributed by atoms with E-state index in [0.29, 0.717) is 23.6 Å². The molecule has 0 aromatic heterocycles. The summed E-state index contributed by atoms with van der Waals surface area (Å²) in [7, 11) is 1.62. The van der Waals surface area contributed by atoms with Gasteiger partial charge < -0.3 is 9.64 Å². The molecule has 3 aromatic rings. The van der Waals surface area contributed by atoms with Crippen LogP contribution in [0.15, 0.2) is 84.0 Å². The van der Waals surface area contributed by atoms with E-state index >= 15 is 0 Å². The summed E-state index contributed by atoms with van der Waals surface area (Å²) in [6, 6.07) is 24.8. The van der Waals surface area contributed by atoms with Crippen molar-refractivity contribution in [2.45, 2.75) is 18.8 Å². The van der Waals surface area contributed by atoms with Gasteiger partial charge in [0.05, 0.1) is 18.6 Å². The predicted octanol–water partition coefficient (Wildman–Crippen LogP) is 4.62. The molecule has 1 atom stereocenters. The molecule has 1 heterocycles. The summed E-state index contributed by atoms with van der Waals surface area (Å²) in [6.45, 7) is 2.40. The fourth-order valence-electron chi connectivity index (χ4n) is 3.58. The maximum atomic E-state index is 12.6. The number of carbonyl (C=O) groups is 2. The van der Waals surface area contributed by atoms with Crippen LogP contribution in [0.5, 0.6) is 5.75 Å². The average molecular weight is 460 g/mol. The number of hydrogen-bond donors (Lipinski definition) is 1. The van der Waals surface area contributed by atoms with Gasteiger partial charge in [0, 0.05) is 12.1 Å². The monoisotopic (exact) mass is 459 g/mol. The van der Waals surface area contributed by atoms with Crippen LogP contribution < -0.4 is 10.2 Å². The Hall–Kier alpha value is -3.58. The molecule has 7 heteroatoms. The van der Waals surface area contributed by atoms with E-state index in [1.807, 2.05) is 78.6 Å². The maximum absolute atomic E-state index is 12.6. The smallest absolute Gasteiger partial charge is 0.271 e. The molecule has 1 N–H and O–H groups in total. The first-order valence-electron chi connectivity index (χ1n) is 10.6. The molecule has 168 valence electrons. The molecule has 4 rings (SSSR count). The summed E-state index contributed by atoms with van der Waals surface area (Å²) in [5.41, 5.74) is 6.80. The first-order valence-corrected chi connectivity index (χ1v) is 11.6. The van der Waals surface area contributed by atoms with Crippen molar-refractivity contribution in [3.63, 3.8) is 0 Å². The zero-order valence-corrected chi connectivity index (χ0v) is 19.3. The van der Waals surface area contributed by atoms with Crippen LogP contribution >= 0.6 is 11.8 Å². The summed E-state index contributed by atoms with van der Waals surface area (Å²) >= 11 is 1.60. The van der Waals surface area contributed by atoms with Gasteiger partial charge in [-0.3, -0.25) is 9.59 Å². The Morgan fingerprint density at radius 1 is 1.03 bits per heavy atom. The third-order valence-corrected chi connectivity index (χ3v) is 6.71. The molecule has 1 fully saturated rings. The summed E-state index contributed by atoms with van der Waals surface area (Å²) in [5.74, 6) is 1.06. The Kier molecular flexibility index (Phi) is 7.10. The number of benzene rings is 3. The number of ether oxygens (including phenoxy) is 1. The normalized spacial score (nSPS) is 16.1. The second kappa shape index (κ2) is 10.4. The van der Waals surface area contributed by atoms with Crippen LogP contribution in [0.3, 0.4) is 0 Å². The molecule has 3 aromatic carbocycles. The van der Waals surface area contributed by atoms with E-state index in [1.165, 1.54) is 0 Å². The second-order valence-corrected chi connectivity index (χ2v) is 8.73. The van der Waals surface area contributed by atoms with E-state index in [1.54, 1.807) is 31.0 Å². The van der Waals surface area contributed by atoms with Crippen LogP contribution in [-0.2, 0) is 11.3 Å². The van der Waals surface area contributed by atoms with Crippen molar-refractivity contribution >= 4 is 29.3 Å². The van der Waals surface area contributed by atoms with Crippen molar-refractivity contribution in [2.24, 2.45) is 5.10 Å². The summed E-state index contributed by atoms with van der Waals surface area (Å²) in [5, 5.41) is 4.15. The highest BCUT2D eigenvalue weighted by Crippen LogP contribution is 2.39. The third kappa shape index (κ3) is 5.43. The lowest BCUT2D eigenvalue weighted by atomic mass is 10.1. The number of methoxy groups -OCH3 is 1. The van der Waals surface area contributed by atoms with Crippen molar-refractivity contribution in [3.8, 4) is 5.75 Å². The van der Waals surface area contributed by atoms with Gasteiger partial charge in [0.2, 0.25) is 5.91 Å². The molecule has 1 aliphatic rings. The number of nitrogens with one attached hydrogen (secondary N) is 1. The quantitative estimate of drug-likeness (QED) is 0.413. The number of rotatable bonds is 7. The van der Waals surface area contributed by atoms with Gasteiger partial charge in [-0.15, -0.1) is 11.8 Å². The molecule has 33 heavy (non-hydrogen) atoms. The highest BCUT2D eigenvalue weighted by atomic mass is 32.2. The molecular formula is C26H25N3O3S. The van der Waals surface area contributed by atoms with Gasteiger partial charge in [0.25, 0.3) is 5.91 Å². The van der Waals surface area contributed by atoms with Gasteiger partial charge in [-0.25, -0.2) is 5.43 Å². The van der Waals surface area contributed by atoms with E-state index in [9.17, 15) is 9.59 Å². The minimum Gasteiger partial charge on any atom is -0.497 e. The van der Waals surface area contributed by atoms with Gasteiger partial charge in [0.15, 0.2) is 0 Å². The van der Waals surface area contributed by atoms with Crippen LogP contribution in [0.2, 0.25) is 0 Å². The average Bonchev–Trinajstić information content (AvgIpc) is 3.23. The maximum Gasteiger partial charge on any atom is 0.271 e. The number of carbonyl (C=O) groups excluding carboxylic acids is 2. The minimum atomic E-state index is -0.286. The molecule has 0 radical (unpaired) electrons. The van der Waals surface area contributed by atoms with Gasteiger partial charge >= 0.3 is 0 Å². The van der Waals surface area contributed by atoms with Crippen molar-refractivity contribution in [3.05, 3.63) is 101 Å². The zero-order valence-electron chi connectivity index (χ0n) is 18.5. The highest BCUT2D eigenvalue weighted by molar-refractivity contribution is 8.00. The lowest BCUT2D eigenvalue weighted by molar-refractivity contribution is -0.128. The van der Waals surface area contributed by atoms with E-state index in [4.69, 9.17) is 4.74 Å². The summed E-state index contributed by atoms with van der Waals surface area (Å²) < 4.78 is 5.16. The third-order valence-electron chi connectivity index (χ3n) is 5.45. The summed E-state index contributed by atoms with van der Waals surface area (Å²) in [6.07, 6.45) is 0. The molecular weight excluding hydrogens is 434 g/mol. The number of thioether (sulfide) groups is 1. The molecule has 2 amide bonds. The van der Waals surface area contributed by atoms with E-state index in [2.05, 4.69) is 10.5 Å². The lowest BCUT2D eigenvalue weighted by Gasteiger charge is -2.24. The topological polar surface area (TPSA) is 71.0 Å². The van der Waals surface area contributed by atoms with Gasteiger partial charge in [-0.1, -0.05) is 42.5 Å². The second-order valence-electron chi connectivity index (χ2n) is 7.66. The fraction of sp³-hybridized carbons (Fsp3) is 0.192. The van der Waals surface area contributed by atoms with Crippen molar-refractivity contribution in [1.82, 2.24) is 10.3 Å². The van der Waals surface area contributed by atoms with Crippen LogP contribution in [0, 0.1) is 0 Å². The Balaban J connectivity index is 1.41. The minimum absolute atomic E-state index is 0.0647. The predicted molar refractivity (Wildman–Crippen MR) is 131 cm³/mol. The van der Waals surface area contributed by atoms with Crippen LogP contribution in [0.1, 0.15) is 39.3 Å². The first kappa shape index (κ1) is 22.6. The number of nitrogens with zero attached hydrogens (tertiary/aromatic N) is 2. The molecule has 1 aliphatic heterocycles. The SMILES string of the molecule is COc1ccc(/C(C)=N\NC(=O)c2ccc([C@@H]3SCC(=O)N3Cc3ccccc3)cc2)cc1. The molecule has 1 saturated heterocycles. The van der Waals surface area contributed by atoms with Crippen LogP contribution in [-0.4, -0.2) is 35.3 Å². The molecule has 0 saturated carbocycles. The highest BCUT2D eigenvalue weighted by Gasteiger charge is 2.32. The van der Waals surface area contributed by atoms with E-state index in [0.717, 1.165) is 22.4 Å². The number of hydrogen-bond acceptors (Lipinski definition) is 5. The molecule has 0 unspecified atom stereocenters. The van der Waals surface area contributed by atoms with Crippen molar-refractivity contribution in [2.75, 3.05) is 12.9 Å². The number of amides is 2. The van der Waals surface area contributed by atoms with E-state index < -0.39 is 0 Å². The molecule has 0 bridgehead atoms. The Labute approximate surface area is 197 Å². The molecule has 6 nitrogen and oxygen atoms in total. The van der Waals surface area contributed by atoms with Gasteiger partial charge in [0.1, 0.15) is 11.1 Å². The van der Waals surface area contributed by atoms with Crippen molar-refractivity contribution < 1.29 is 14.3 Å². The van der Waals surface area contributed by atoms with E-state index in [-0.39, 0.29) is 17.2 Å². The zero-order chi connectivity index (χ0) is 23.2.